The van der Waals surface area contributed by atoms with Gasteiger partial charge in [-0.25, -0.2) is 5.43 Å². The van der Waals surface area contributed by atoms with Crippen molar-refractivity contribution in [3.8, 4) is 11.5 Å². The lowest BCUT2D eigenvalue weighted by molar-refractivity contribution is -0.121. The zero-order valence-electron chi connectivity index (χ0n) is 12.1. The van der Waals surface area contributed by atoms with Crippen LogP contribution in [0.15, 0.2) is 23.3 Å². The zero-order valence-corrected chi connectivity index (χ0v) is 12.1. The van der Waals surface area contributed by atoms with E-state index >= 15 is 0 Å². The molecule has 116 valence electrons. The van der Waals surface area contributed by atoms with E-state index in [1.807, 2.05) is 18.2 Å². The Balaban J connectivity index is 1.60. The molecule has 2 amide bonds. The van der Waals surface area contributed by atoms with Gasteiger partial charge in [-0.2, -0.15) is 5.10 Å². The fourth-order valence-corrected chi connectivity index (χ4v) is 2.24. The number of nitrogens with zero attached hydrogens (tertiary/aromatic N) is 1. The molecule has 2 heterocycles. The highest BCUT2D eigenvalue weighted by atomic mass is 16.5. The summed E-state index contributed by atoms with van der Waals surface area (Å²) in [5.74, 6) is 0.991. The van der Waals surface area contributed by atoms with E-state index in [2.05, 4.69) is 15.8 Å². The molecule has 0 fully saturated rings. The first-order valence-corrected chi connectivity index (χ1v) is 7.24. The van der Waals surface area contributed by atoms with Gasteiger partial charge in [-0.1, -0.05) is 6.07 Å². The number of fused-ring (bicyclic) bond motifs is 1. The monoisotopic (exact) mass is 303 g/mol. The Morgan fingerprint density at radius 2 is 2.05 bits per heavy atom. The van der Waals surface area contributed by atoms with E-state index in [0.29, 0.717) is 37.6 Å². The smallest absolute Gasteiger partial charge is 0.267 e. The fourth-order valence-electron chi connectivity index (χ4n) is 2.24. The first-order valence-electron chi connectivity index (χ1n) is 7.24. The number of hydrogen-bond acceptors (Lipinski definition) is 5. The summed E-state index contributed by atoms with van der Waals surface area (Å²) < 4.78 is 11.2. The van der Waals surface area contributed by atoms with E-state index in [9.17, 15) is 9.59 Å². The molecule has 0 aromatic heterocycles. The predicted molar refractivity (Wildman–Crippen MR) is 78.7 cm³/mol. The number of hydrazone groups is 1. The molecule has 0 bridgehead atoms. The third-order valence-corrected chi connectivity index (χ3v) is 3.43. The van der Waals surface area contributed by atoms with Gasteiger partial charge in [0.15, 0.2) is 11.5 Å². The fraction of sp³-hybridized carbons (Fsp3) is 0.400. The first-order chi connectivity index (χ1) is 10.7. The predicted octanol–water partition coefficient (Wildman–Crippen LogP) is 0.730. The number of carbonyl (C=O) groups excluding carboxylic acids is 2. The Labute approximate surface area is 127 Å². The Hall–Kier alpha value is -2.57. The number of carbonyl (C=O) groups is 2. The van der Waals surface area contributed by atoms with E-state index in [1.54, 1.807) is 0 Å². The average Bonchev–Trinajstić information content (AvgIpc) is 2.78. The lowest BCUT2D eigenvalue weighted by Crippen LogP contribution is -2.36. The van der Waals surface area contributed by atoms with Gasteiger partial charge >= 0.3 is 0 Å². The minimum absolute atomic E-state index is 0.167. The van der Waals surface area contributed by atoms with Gasteiger partial charge in [0.25, 0.3) is 5.91 Å². The van der Waals surface area contributed by atoms with Crippen LogP contribution in [0.2, 0.25) is 0 Å². The van der Waals surface area contributed by atoms with Gasteiger partial charge < -0.3 is 14.8 Å². The van der Waals surface area contributed by atoms with Crippen molar-refractivity contribution in [1.29, 1.82) is 0 Å². The molecule has 3 rings (SSSR count). The molecule has 0 atom stereocenters. The zero-order chi connectivity index (χ0) is 15.4. The molecule has 0 spiro atoms. The van der Waals surface area contributed by atoms with Gasteiger partial charge in [0.2, 0.25) is 5.91 Å². The maximum absolute atomic E-state index is 12.0. The summed E-state index contributed by atoms with van der Waals surface area (Å²) in [6.45, 7) is 1.64. The van der Waals surface area contributed by atoms with Crippen molar-refractivity contribution in [2.24, 2.45) is 5.10 Å². The Morgan fingerprint density at radius 3 is 2.82 bits per heavy atom. The molecule has 7 nitrogen and oxygen atoms in total. The molecule has 1 aromatic rings. The van der Waals surface area contributed by atoms with Crippen LogP contribution < -0.4 is 20.2 Å². The molecule has 0 unspecified atom stereocenters. The second kappa shape index (κ2) is 6.46. The SMILES string of the molecule is O=C1CCC(C(=O)NCc2ccc3c(c2)OCCCO3)=NN1. The van der Waals surface area contributed by atoms with Crippen LogP contribution in [0.4, 0.5) is 0 Å². The van der Waals surface area contributed by atoms with E-state index in [0.717, 1.165) is 17.7 Å². The number of amides is 2. The van der Waals surface area contributed by atoms with Crippen molar-refractivity contribution in [2.45, 2.75) is 25.8 Å². The van der Waals surface area contributed by atoms with Crippen LogP contribution in [-0.2, 0) is 16.1 Å². The number of rotatable bonds is 3. The van der Waals surface area contributed by atoms with Crippen molar-refractivity contribution in [3.63, 3.8) is 0 Å². The van der Waals surface area contributed by atoms with E-state index < -0.39 is 0 Å². The summed E-state index contributed by atoms with van der Waals surface area (Å²) in [7, 11) is 0. The topological polar surface area (TPSA) is 89.0 Å². The Bertz CT molecular complexity index is 627. The Kier molecular flexibility index (Phi) is 4.22. The quantitative estimate of drug-likeness (QED) is 0.861. The van der Waals surface area contributed by atoms with Gasteiger partial charge in [0.05, 0.1) is 13.2 Å². The molecular formula is C15H17N3O4. The van der Waals surface area contributed by atoms with Crippen molar-refractivity contribution >= 4 is 17.5 Å². The maximum atomic E-state index is 12.0. The van der Waals surface area contributed by atoms with Crippen molar-refractivity contribution in [3.05, 3.63) is 23.8 Å². The van der Waals surface area contributed by atoms with Crippen LogP contribution in [-0.4, -0.2) is 30.7 Å². The second-order valence-electron chi connectivity index (χ2n) is 5.11. The van der Waals surface area contributed by atoms with Crippen LogP contribution in [0, 0.1) is 0 Å². The molecular weight excluding hydrogens is 286 g/mol. The lowest BCUT2D eigenvalue weighted by Gasteiger charge is -2.13. The van der Waals surface area contributed by atoms with Crippen LogP contribution in [0.1, 0.15) is 24.8 Å². The summed E-state index contributed by atoms with van der Waals surface area (Å²) in [6.07, 6.45) is 1.50. The molecule has 2 aliphatic rings. The third-order valence-electron chi connectivity index (χ3n) is 3.43. The minimum atomic E-state index is -0.271. The molecule has 0 aliphatic carbocycles. The van der Waals surface area contributed by atoms with Crippen molar-refractivity contribution < 1.29 is 19.1 Å². The van der Waals surface area contributed by atoms with Crippen LogP contribution >= 0.6 is 0 Å². The molecule has 22 heavy (non-hydrogen) atoms. The van der Waals surface area contributed by atoms with Gasteiger partial charge in [-0.3, -0.25) is 9.59 Å². The highest BCUT2D eigenvalue weighted by Crippen LogP contribution is 2.30. The number of nitrogens with one attached hydrogen (secondary N) is 2. The van der Waals surface area contributed by atoms with Gasteiger partial charge in [-0.15, -0.1) is 0 Å². The van der Waals surface area contributed by atoms with Crippen molar-refractivity contribution in [1.82, 2.24) is 10.7 Å². The standard InChI is InChI=1S/C15H17N3O4/c19-14-5-3-11(17-18-14)15(20)16-9-10-2-4-12-13(8-10)22-7-1-6-21-12/h2,4,8H,1,3,5-7,9H2,(H,16,20)(H,18,19). The first kappa shape index (κ1) is 14.4. The normalized spacial score (nSPS) is 17.1. The molecule has 0 radical (unpaired) electrons. The van der Waals surface area contributed by atoms with E-state index in [-0.39, 0.29) is 18.2 Å². The summed E-state index contributed by atoms with van der Waals surface area (Å²) in [5, 5.41) is 6.55. The molecule has 2 N–H and O–H groups in total. The van der Waals surface area contributed by atoms with Gasteiger partial charge in [0.1, 0.15) is 5.71 Å². The molecule has 2 aliphatic heterocycles. The van der Waals surface area contributed by atoms with Crippen LogP contribution in [0.25, 0.3) is 0 Å². The lowest BCUT2D eigenvalue weighted by atomic mass is 10.1. The minimum Gasteiger partial charge on any atom is -0.490 e. The largest absolute Gasteiger partial charge is 0.490 e. The summed E-state index contributed by atoms with van der Waals surface area (Å²) in [4.78, 5) is 23.0. The molecule has 7 heteroatoms. The van der Waals surface area contributed by atoms with Crippen LogP contribution in [0.3, 0.4) is 0 Å². The summed E-state index contributed by atoms with van der Waals surface area (Å²) >= 11 is 0. The third kappa shape index (κ3) is 3.36. The second-order valence-corrected chi connectivity index (χ2v) is 5.11. The Morgan fingerprint density at radius 1 is 1.23 bits per heavy atom. The van der Waals surface area contributed by atoms with Gasteiger partial charge in [0, 0.05) is 25.8 Å². The number of benzene rings is 1. The molecule has 1 aromatic carbocycles. The molecule has 0 saturated heterocycles. The average molecular weight is 303 g/mol. The summed E-state index contributed by atoms with van der Waals surface area (Å²) in [6, 6.07) is 5.60. The summed E-state index contributed by atoms with van der Waals surface area (Å²) in [5.41, 5.74) is 3.57. The number of ether oxygens (including phenoxy) is 2. The highest BCUT2D eigenvalue weighted by molar-refractivity contribution is 6.39. The van der Waals surface area contributed by atoms with Crippen LogP contribution in [0.5, 0.6) is 11.5 Å². The van der Waals surface area contributed by atoms with E-state index in [4.69, 9.17) is 9.47 Å². The number of hydrogen-bond donors (Lipinski definition) is 2. The van der Waals surface area contributed by atoms with Gasteiger partial charge in [-0.05, 0) is 17.7 Å². The van der Waals surface area contributed by atoms with Crippen molar-refractivity contribution in [2.75, 3.05) is 13.2 Å². The van der Waals surface area contributed by atoms with E-state index in [1.165, 1.54) is 0 Å². The molecule has 0 saturated carbocycles. The highest BCUT2D eigenvalue weighted by Gasteiger charge is 2.18. The maximum Gasteiger partial charge on any atom is 0.267 e.